The molecule has 0 amide bonds. The van der Waals surface area contributed by atoms with Crippen LogP contribution in [-0.4, -0.2) is 14.2 Å². The van der Waals surface area contributed by atoms with Crippen molar-refractivity contribution in [1.29, 1.82) is 0 Å². The number of halogens is 2. The molecule has 0 unspecified atom stereocenters. The lowest BCUT2D eigenvalue weighted by Crippen LogP contribution is -2.04. The van der Waals surface area contributed by atoms with Gasteiger partial charge in [-0.05, 0) is 18.2 Å². The summed E-state index contributed by atoms with van der Waals surface area (Å²) in [5.74, 6) is 0.155. The zero-order valence-corrected chi connectivity index (χ0v) is 11.2. The van der Waals surface area contributed by atoms with Gasteiger partial charge < -0.3 is 14.8 Å². The first kappa shape index (κ1) is 14.1. The van der Waals surface area contributed by atoms with E-state index in [1.54, 1.807) is 12.1 Å². The first-order valence-electron chi connectivity index (χ1n) is 6.04. The molecule has 106 valence electrons. The van der Waals surface area contributed by atoms with Crippen LogP contribution in [0.4, 0.5) is 14.5 Å². The number of benzene rings is 2. The number of hydrogen-bond acceptors (Lipinski definition) is 3. The predicted octanol–water partition coefficient (Wildman–Crippen LogP) is 3.59. The van der Waals surface area contributed by atoms with Crippen molar-refractivity contribution in [3.8, 4) is 11.5 Å². The van der Waals surface area contributed by atoms with E-state index in [1.165, 1.54) is 38.5 Å². The quantitative estimate of drug-likeness (QED) is 0.907. The summed E-state index contributed by atoms with van der Waals surface area (Å²) in [7, 11) is 2.97. The average Bonchev–Trinajstić information content (AvgIpc) is 2.47. The number of nitrogens with one attached hydrogen (secondary N) is 1. The molecule has 1 N–H and O–H groups in total. The minimum atomic E-state index is -0.417. The minimum absolute atomic E-state index is 0.167. The standard InChI is InChI=1S/C15H15F2NO2/c1-19-11-4-3-10(14(17)7-11)9-18-15-8-12(20-2)5-6-13(15)16/h3-8,18H,9H2,1-2H3. The second kappa shape index (κ2) is 6.23. The molecular weight excluding hydrogens is 264 g/mol. The zero-order valence-electron chi connectivity index (χ0n) is 11.2. The van der Waals surface area contributed by atoms with Crippen molar-refractivity contribution in [2.45, 2.75) is 6.54 Å². The van der Waals surface area contributed by atoms with Crippen molar-refractivity contribution in [3.63, 3.8) is 0 Å². The van der Waals surface area contributed by atoms with E-state index in [4.69, 9.17) is 9.47 Å². The van der Waals surface area contributed by atoms with Gasteiger partial charge in [0.15, 0.2) is 0 Å². The summed E-state index contributed by atoms with van der Waals surface area (Å²) in [6, 6.07) is 8.89. The maximum absolute atomic E-state index is 13.7. The van der Waals surface area contributed by atoms with Crippen LogP contribution in [0.25, 0.3) is 0 Å². The van der Waals surface area contributed by atoms with Crippen LogP contribution in [0.2, 0.25) is 0 Å². The maximum Gasteiger partial charge on any atom is 0.146 e. The third-order valence-corrected chi connectivity index (χ3v) is 2.90. The van der Waals surface area contributed by atoms with Crippen molar-refractivity contribution >= 4 is 5.69 Å². The van der Waals surface area contributed by atoms with Gasteiger partial charge in [-0.2, -0.15) is 0 Å². The van der Waals surface area contributed by atoms with Crippen molar-refractivity contribution in [2.75, 3.05) is 19.5 Å². The third kappa shape index (κ3) is 3.17. The molecule has 5 heteroatoms. The van der Waals surface area contributed by atoms with E-state index in [1.807, 2.05) is 0 Å². The monoisotopic (exact) mass is 279 g/mol. The van der Waals surface area contributed by atoms with E-state index in [0.717, 1.165) is 0 Å². The number of anilines is 1. The van der Waals surface area contributed by atoms with Gasteiger partial charge in [-0.25, -0.2) is 8.78 Å². The normalized spacial score (nSPS) is 10.2. The minimum Gasteiger partial charge on any atom is -0.497 e. The predicted molar refractivity (Wildman–Crippen MR) is 73.2 cm³/mol. The van der Waals surface area contributed by atoms with E-state index in [2.05, 4.69) is 5.32 Å². The highest BCUT2D eigenvalue weighted by molar-refractivity contribution is 5.50. The van der Waals surface area contributed by atoms with Crippen LogP contribution in [-0.2, 0) is 6.54 Å². The maximum atomic E-state index is 13.7. The topological polar surface area (TPSA) is 30.5 Å². The van der Waals surface area contributed by atoms with Crippen molar-refractivity contribution < 1.29 is 18.3 Å². The molecular formula is C15H15F2NO2. The number of ether oxygens (including phenoxy) is 2. The van der Waals surface area contributed by atoms with Gasteiger partial charge >= 0.3 is 0 Å². The molecule has 0 aromatic heterocycles. The van der Waals surface area contributed by atoms with Crippen LogP contribution in [0.15, 0.2) is 36.4 Å². The molecule has 0 bridgehead atoms. The highest BCUT2D eigenvalue weighted by atomic mass is 19.1. The molecule has 0 aliphatic heterocycles. The molecule has 0 aliphatic carbocycles. The molecule has 0 radical (unpaired) electrons. The largest absolute Gasteiger partial charge is 0.497 e. The Kier molecular flexibility index (Phi) is 4.40. The summed E-state index contributed by atoms with van der Waals surface area (Å²) < 4.78 is 37.3. The lowest BCUT2D eigenvalue weighted by Gasteiger charge is -2.10. The Morgan fingerprint density at radius 3 is 2.20 bits per heavy atom. The van der Waals surface area contributed by atoms with E-state index < -0.39 is 11.6 Å². The highest BCUT2D eigenvalue weighted by Crippen LogP contribution is 2.23. The van der Waals surface area contributed by atoms with Gasteiger partial charge in [0.1, 0.15) is 23.1 Å². The fourth-order valence-corrected chi connectivity index (χ4v) is 1.76. The summed E-state index contributed by atoms with van der Waals surface area (Å²) in [5, 5.41) is 2.85. The number of hydrogen-bond donors (Lipinski definition) is 1. The van der Waals surface area contributed by atoms with Gasteiger partial charge in [0.2, 0.25) is 0 Å². The van der Waals surface area contributed by atoms with Crippen LogP contribution in [0, 0.1) is 11.6 Å². The Morgan fingerprint density at radius 1 is 0.900 bits per heavy atom. The molecule has 20 heavy (non-hydrogen) atoms. The van der Waals surface area contributed by atoms with Gasteiger partial charge in [0.25, 0.3) is 0 Å². The summed E-state index contributed by atoms with van der Waals surface area (Å²) in [4.78, 5) is 0. The third-order valence-electron chi connectivity index (χ3n) is 2.90. The molecule has 2 aromatic carbocycles. The lowest BCUT2D eigenvalue weighted by molar-refractivity contribution is 0.411. The SMILES string of the molecule is COc1ccc(CNc2cc(OC)ccc2F)c(F)c1. The second-order valence-electron chi connectivity index (χ2n) is 4.16. The fourth-order valence-electron chi connectivity index (χ4n) is 1.76. The van der Waals surface area contributed by atoms with Gasteiger partial charge in [-0.1, -0.05) is 6.07 Å². The molecule has 2 rings (SSSR count). The van der Waals surface area contributed by atoms with E-state index >= 15 is 0 Å². The molecule has 0 atom stereocenters. The molecule has 0 fully saturated rings. The second-order valence-corrected chi connectivity index (χ2v) is 4.16. The fraction of sp³-hybridized carbons (Fsp3) is 0.200. The Labute approximate surface area is 116 Å². The number of rotatable bonds is 5. The molecule has 3 nitrogen and oxygen atoms in total. The molecule has 0 saturated heterocycles. The smallest absolute Gasteiger partial charge is 0.146 e. The van der Waals surface area contributed by atoms with Gasteiger partial charge in [0.05, 0.1) is 19.9 Å². The van der Waals surface area contributed by atoms with Crippen LogP contribution < -0.4 is 14.8 Å². The summed E-state index contributed by atoms with van der Waals surface area (Å²) in [5.41, 5.74) is 0.688. The van der Waals surface area contributed by atoms with Crippen LogP contribution in [0.3, 0.4) is 0 Å². The summed E-state index contributed by atoms with van der Waals surface area (Å²) >= 11 is 0. The van der Waals surface area contributed by atoms with Crippen molar-refractivity contribution in [2.24, 2.45) is 0 Å². The molecule has 0 saturated carbocycles. The van der Waals surface area contributed by atoms with Crippen molar-refractivity contribution in [3.05, 3.63) is 53.6 Å². The highest BCUT2D eigenvalue weighted by Gasteiger charge is 2.07. The lowest BCUT2D eigenvalue weighted by atomic mass is 10.2. The number of methoxy groups -OCH3 is 2. The Bertz CT molecular complexity index is 602. The molecule has 2 aromatic rings. The van der Waals surface area contributed by atoms with E-state index in [0.29, 0.717) is 17.1 Å². The molecule has 0 heterocycles. The van der Waals surface area contributed by atoms with Gasteiger partial charge in [0, 0.05) is 24.2 Å². The Morgan fingerprint density at radius 2 is 1.55 bits per heavy atom. The van der Waals surface area contributed by atoms with Crippen LogP contribution in [0.5, 0.6) is 11.5 Å². The van der Waals surface area contributed by atoms with Gasteiger partial charge in [-0.3, -0.25) is 0 Å². The van der Waals surface area contributed by atoms with Crippen LogP contribution >= 0.6 is 0 Å². The average molecular weight is 279 g/mol. The van der Waals surface area contributed by atoms with Crippen LogP contribution in [0.1, 0.15) is 5.56 Å². The van der Waals surface area contributed by atoms with Gasteiger partial charge in [-0.15, -0.1) is 0 Å². The summed E-state index contributed by atoms with van der Waals surface area (Å²) in [6.45, 7) is 0.167. The molecule has 0 aliphatic rings. The zero-order chi connectivity index (χ0) is 14.5. The molecule has 0 spiro atoms. The first-order chi connectivity index (χ1) is 9.63. The summed E-state index contributed by atoms with van der Waals surface area (Å²) in [6.07, 6.45) is 0. The van der Waals surface area contributed by atoms with E-state index in [-0.39, 0.29) is 12.2 Å². The van der Waals surface area contributed by atoms with Crippen molar-refractivity contribution in [1.82, 2.24) is 0 Å². The first-order valence-corrected chi connectivity index (χ1v) is 6.04. The van der Waals surface area contributed by atoms with E-state index in [9.17, 15) is 8.78 Å². The Hall–Kier alpha value is -2.30. The Balaban J connectivity index is 2.12.